The molecule has 1 aromatic heterocycles. The molecule has 1 heterocycles. The van der Waals surface area contributed by atoms with Crippen molar-refractivity contribution in [2.24, 2.45) is 0 Å². The average Bonchev–Trinajstić information content (AvgIpc) is 2.76. The summed E-state index contributed by atoms with van der Waals surface area (Å²) in [7, 11) is -1.88. The van der Waals surface area contributed by atoms with Crippen molar-refractivity contribution in [3.63, 3.8) is 0 Å². The van der Waals surface area contributed by atoms with Crippen LogP contribution in [0, 0.1) is 0 Å². The van der Waals surface area contributed by atoms with E-state index in [2.05, 4.69) is 9.71 Å². The van der Waals surface area contributed by atoms with Crippen LogP contribution in [0.15, 0.2) is 23.2 Å². The summed E-state index contributed by atoms with van der Waals surface area (Å²) in [6, 6.07) is 2.83. The smallest absolute Gasteiger partial charge is 0.242 e. The molecule has 0 bridgehead atoms. The number of rotatable bonds is 4. The van der Waals surface area contributed by atoms with E-state index in [1.807, 2.05) is 0 Å². The van der Waals surface area contributed by atoms with Gasteiger partial charge in [-0.05, 0) is 31.4 Å². The maximum atomic E-state index is 12.1. The number of hydrogen-bond acceptors (Lipinski definition) is 4. The van der Waals surface area contributed by atoms with Gasteiger partial charge in [-0.3, -0.25) is 0 Å². The Morgan fingerprint density at radius 1 is 1.44 bits per heavy atom. The third-order valence-electron chi connectivity index (χ3n) is 3.05. The number of pyridine rings is 1. The van der Waals surface area contributed by atoms with E-state index in [-0.39, 0.29) is 22.2 Å². The Balaban J connectivity index is 2.06. The minimum Gasteiger partial charge on any atom is -0.381 e. The van der Waals surface area contributed by atoms with Crippen molar-refractivity contribution in [2.75, 3.05) is 7.11 Å². The molecule has 5 nitrogen and oxygen atoms in total. The van der Waals surface area contributed by atoms with Crippen molar-refractivity contribution < 1.29 is 13.2 Å². The number of sulfonamides is 1. The zero-order chi connectivity index (χ0) is 13.2. The predicted molar refractivity (Wildman–Crippen MR) is 68.0 cm³/mol. The lowest BCUT2D eigenvalue weighted by molar-refractivity contribution is 0.107. The molecule has 7 heteroatoms. The van der Waals surface area contributed by atoms with Crippen LogP contribution in [0.2, 0.25) is 5.15 Å². The third-order valence-corrected chi connectivity index (χ3v) is 4.78. The van der Waals surface area contributed by atoms with E-state index in [1.54, 1.807) is 7.11 Å². The molecule has 1 saturated carbocycles. The Morgan fingerprint density at radius 3 is 2.78 bits per heavy atom. The van der Waals surface area contributed by atoms with Crippen molar-refractivity contribution in [1.29, 1.82) is 0 Å². The molecule has 1 N–H and O–H groups in total. The lowest BCUT2D eigenvalue weighted by Crippen LogP contribution is -2.33. The molecule has 2 atom stereocenters. The van der Waals surface area contributed by atoms with E-state index < -0.39 is 10.0 Å². The predicted octanol–water partition coefficient (Wildman–Crippen LogP) is 1.58. The van der Waals surface area contributed by atoms with E-state index in [0.29, 0.717) is 6.42 Å². The first-order chi connectivity index (χ1) is 8.51. The third kappa shape index (κ3) is 3.20. The highest BCUT2D eigenvalue weighted by Crippen LogP contribution is 2.23. The van der Waals surface area contributed by atoms with E-state index in [4.69, 9.17) is 16.3 Å². The molecule has 1 aliphatic carbocycles. The molecular weight excluding hydrogens is 276 g/mol. The molecule has 1 aromatic rings. The molecule has 0 radical (unpaired) electrons. The second kappa shape index (κ2) is 5.52. The Hall–Kier alpha value is -0.690. The summed E-state index contributed by atoms with van der Waals surface area (Å²) in [5.74, 6) is 0. The van der Waals surface area contributed by atoms with E-state index in [9.17, 15) is 8.42 Å². The first-order valence-corrected chi connectivity index (χ1v) is 7.54. The normalized spacial score (nSPS) is 24.3. The number of hydrogen-bond donors (Lipinski definition) is 1. The van der Waals surface area contributed by atoms with Crippen LogP contribution in [0.5, 0.6) is 0 Å². The quantitative estimate of drug-likeness (QED) is 0.855. The minimum atomic E-state index is -3.52. The Bertz CT molecular complexity index is 504. The highest BCUT2D eigenvalue weighted by Gasteiger charge is 2.28. The zero-order valence-electron chi connectivity index (χ0n) is 9.97. The first-order valence-electron chi connectivity index (χ1n) is 5.68. The van der Waals surface area contributed by atoms with Crippen molar-refractivity contribution in [3.05, 3.63) is 23.5 Å². The Labute approximate surface area is 112 Å². The molecule has 0 aromatic carbocycles. The molecule has 1 aliphatic rings. The van der Waals surface area contributed by atoms with Gasteiger partial charge >= 0.3 is 0 Å². The molecule has 0 saturated heterocycles. The van der Waals surface area contributed by atoms with E-state index in [0.717, 1.165) is 12.8 Å². The molecule has 0 amide bonds. The van der Waals surface area contributed by atoms with Crippen LogP contribution in [-0.2, 0) is 14.8 Å². The number of nitrogens with one attached hydrogen (secondary N) is 1. The fourth-order valence-corrected chi connectivity index (χ4v) is 3.41. The second-order valence-corrected chi connectivity index (χ2v) is 6.41. The van der Waals surface area contributed by atoms with E-state index >= 15 is 0 Å². The van der Waals surface area contributed by atoms with Crippen molar-refractivity contribution in [1.82, 2.24) is 9.71 Å². The van der Waals surface area contributed by atoms with Crippen LogP contribution in [0.1, 0.15) is 19.3 Å². The molecule has 1 fully saturated rings. The van der Waals surface area contributed by atoms with Gasteiger partial charge in [0, 0.05) is 19.3 Å². The van der Waals surface area contributed by atoms with Crippen molar-refractivity contribution >= 4 is 21.6 Å². The lowest BCUT2D eigenvalue weighted by atomic mass is 10.3. The maximum absolute atomic E-state index is 12.1. The molecule has 100 valence electrons. The van der Waals surface area contributed by atoms with Crippen LogP contribution in [0.25, 0.3) is 0 Å². The topological polar surface area (TPSA) is 68.3 Å². The fraction of sp³-hybridized carbons (Fsp3) is 0.545. The van der Waals surface area contributed by atoms with Gasteiger partial charge in [0.2, 0.25) is 10.0 Å². The van der Waals surface area contributed by atoms with Crippen molar-refractivity contribution in [3.8, 4) is 0 Å². The average molecular weight is 291 g/mol. The molecule has 2 rings (SSSR count). The van der Waals surface area contributed by atoms with Gasteiger partial charge in [0.25, 0.3) is 0 Å². The molecule has 0 spiro atoms. The molecule has 18 heavy (non-hydrogen) atoms. The Morgan fingerprint density at radius 2 is 2.22 bits per heavy atom. The summed E-state index contributed by atoms with van der Waals surface area (Å²) in [6.45, 7) is 0. The SMILES string of the molecule is COC1CCC(NS(=O)(=O)c2ccc(Cl)nc2)C1. The fourth-order valence-electron chi connectivity index (χ4n) is 2.07. The largest absolute Gasteiger partial charge is 0.381 e. The van der Waals surface area contributed by atoms with Gasteiger partial charge in [0.15, 0.2) is 0 Å². The zero-order valence-corrected chi connectivity index (χ0v) is 11.5. The van der Waals surface area contributed by atoms with Gasteiger partial charge in [0.1, 0.15) is 10.0 Å². The summed E-state index contributed by atoms with van der Waals surface area (Å²) < 4.78 is 32.0. The number of aromatic nitrogens is 1. The second-order valence-electron chi connectivity index (χ2n) is 4.31. The minimum absolute atomic E-state index is 0.0735. The first kappa shape index (κ1) is 13.7. The summed E-state index contributed by atoms with van der Waals surface area (Å²) >= 11 is 5.63. The number of halogens is 1. The van der Waals surface area contributed by atoms with Crippen LogP contribution in [0.4, 0.5) is 0 Å². The summed E-state index contributed by atoms with van der Waals surface area (Å²) in [5, 5.41) is 0.272. The summed E-state index contributed by atoms with van der Waals surface area (Å²) in [4.78, 5) is 3.90. The van der Waals surface area contributed by atoms with Gasteiger partial charge in [0.05, 0.1) is 6.10 Å². The number of nitrogens with zero attached hydrogens (tertiary/aromatic N) is 1. The lowest BCUT2D eigenvalue weighted by Gasteiger charge is -2.13. The summed E-state index contributed by atoms with van der Waals surface area (Å²) in [6.07, 6.45) is 3.77. The van der Waals surface area contributed by atoms with Gasteiger partial charge < -0.3 is 4.74 Å². The van der Waals surface area contributed by atoms with Gasteiger partial charge in [-0.15, -0.1) is 0 Å². The van der Waals surface area contributed by atoms with Gasteiger partial charge in [-0.2, -0.15) is 0 Å². The summed E-state index contributed by atoms with van der Waals surface area (Å²) in [5.41, 5.74) is 0. The standard InChI is InChI=1S/C11H15ClN2O3S/c1-17-9-3-2-8(6-9)14-18(15,16)10-4-5-11(12)13-7-10/h4-5,7-9,14H,2-3,6H2,1H3. The molecular formula is C11H15ClN2O3S. The van der Waals surface area contributed by atoms with Gasteiger partial charge in [-0.25, -0.2) is 18.1 Å². The molecule has 2 unspecified atom stereocenters. The highest BCUT2D eigenvalue weighted by atomic mass is 35.5. The number of methoxy groups -OCH3 is 1. The number of ether oxygens (including phenoxy) is 1. The maximum Gasteiger partial charge on any atom is 0.242 e. The van der Waals surface area contributed by atoms with Crippen LogP contribution >= 0.6 is 11.6 Å². The van der Waals surface area contributed by atoms with Gasteiger partial charge in [-0.1, -0.05) is 11.6 Å². The van der Waals surface area contributed by atoms with Crippen molar-refractivity contribution in [2.45, 2.75) is 36.3 Å². The van der Waals surface area contributed by atoms with Crippen LogP contribution < -0.4 is 4.72 Å². The Kier molecular flexibility index (Phi) is 4.21. The highest BCUT2D eigenvalue weighted by molar-refractivity contribution is 7.89. The van der Waals surface area contributed by atoms with Crippen LogP contribution in [-0.4, -0.2) is 32.7 Å². The monoisotopic (exact) mass is 290 g/mol. The van der Waals surface area contributed by atoms with E-state index in [1.165, 1.54) is 18.3 Å². The molecule has 0 aliphatic heterocycles. The van der Waals surface area contributed by atoms with Crippen LogP contribution in [0.3, 0.4) is 0 Å².